The van der Waals surface area contributed by atoms with Crippen molar-refractivity contribution in [2.75, 3.05) is 17.4 Å². The normalized spacial score (nSPS) is 31.1. The van der Waals surface area contributed by atoms with E-state index in [1.165, 1.54) is 0 Å². The lowest BCUT2D eigenvalue weighted by Crippen LogP contribution is -2.42. The zero-order valence-corrected chi connectivity index (χ0v) is 9.90. The highest BCUT2D eigenvalue weighted by atomic mass is 35.5. The highest BCUT2D eigenvalue weighted by Crippen LogP contribution is 2.37. The van der Waals surface area contributed by atoms with Crippen LogP contribution in [0.4, 0.5) is 0 Å². The van der Waals surface area contributed by atoms with Gasteiger partial charge >= 0.3 is 0 Å². The first-order valence-electron chi connectivity index (χ1n) is 5.05. The van der Waals surface area contributed by atoms with Crippen LogP contribution in [-0.2, 0) is 14.6 Å². The molecule has 1 aliphatic heterocycles. The Morgan fingerprint density at radius 1 is 1.47 bits per heavy atom. The third-order valence-corrected chi connectivity index (χ3v) is 5.38. The molecule has 0 aromatic rings. The highest BCUT2D eigenvalue weighted by Gasteiger charge is 2.45. The number of halogens is 1. The smallest absolute Gasteiger partial charge is 0.224 e. The Kier molecular flexibility index (Phi) is 2.71. The Morgan fingerprint density at radius 2 is 2.13 bits per heavy atom. The maximum atomic E-state index is 11.7. The minimum Gasteiger partial charge on any atom is -0.349 e. The number of carbonyl (C=O) groups excluding carboxylic acids is 1. The second-order valence-corrected chi connectivity index (χ2v) is 7.00. The number of hydrogen-bond donors (Lipinski definition) is 1. The van der Waals surface area contributed by atoms with E-state index in [9.17, 15) is 13.2 Å². The number of hydrogen-bond acceptors (Lipinski definition) is 3. The summed E-state index contributed by atoms with van der Waals surface area (Å²) in [6.07, 6.45) is 2.26. The summed E-state index contributed by atoms with van der Waals surface area (Å²) >= 11 is 5.73. The van der Waals surface area contributed by atoms with Crippen molar-refractivity contribution < 1.29 is 13.2 Å². The molecular formula is C9H14ClNO3S. The molecule has 1 saturated heterocycles. The number of alkyl halides is 1. The van der Waals surface area contributed by atoms with Gasteiger partial charge in [0.15, 0.2) is 9.84 Å². The number of sulfone groups is 1. The molecule has 1 saturated carbocycles. The van der Waals surface area contributed by atoms with E-state index in [4.69, 9.17) is 11.6 Å². The molecule has 0 spiro atoms. The monoisotopic (exact) mass is 251 g/mol. The van der Waals surface area contributed by atoms with Crippen LogP contribution in [0.1, 0.15) is 19.3 Å². The Labute approximate surface area is 94.3 Å². The fourth-order valence-corrected chi connectivity index (χ4v) is 3.88. The van der Waals surface area contributed by atoms with Gasteiger partial charge in [-0.15, -0.1) is 11.6 Å². The second kappa shape index (κ2) is 3.63. The van der Waals surface area contributed by atoms with Crippen LogP contribution in [-0.4, -0.2) is 37.2 Å². The first kappa shape index (κ1) is 11.2. The quantitative estimate of drug-likeness (QED) is 0.735. The summed E-state index contributed by atoms with van der Waals surface area (Å²) in [6.45, 7) is 0. The minimum absolute atomic E-state index is 0.00278. The van der Waals surface area contributed by atoms with E-state index in [0.29, 0.717) is 12.3 Å². The number of amides is 1. The number of carbonyl (C=O) groups is 1. The Balaban J connectivity index is 1.93. The van der Waals surface area contributed by atoms with Crippen LogP contribution < -0.4 is 5.32 Å². The highest BCUT2D eigenvalue weighted by molar-refractivity contribution is 7.91. The van der Waals surface area contributed by atoms with Gasteiger partial charge in [0.2, 0.25) is 5.91 Å². The van der Waals surface area contributed by atoms with Crippen molar-refractivity contribution in [2.24, 2.45) is 5.92 Å². The fraction of sp³-hybridized carbons (Fsp3) is 0.889. The summed E-state index contributed by atoms with van der Waals surface area (Å²) in [4.78, 5) is 11.7. The summed E-state index contributed by atoms with van der Waals surface area (Å²) in [5.74, 6) is 0.0406. The molecule has 4 nitrogen and oxygen atoms in total. The number of rotatable bonds is 3. The van der Waals surface area contributed by atoms with Gasteiger partial charge in [0, 0.05) is 5.88 Å². The number of nitrogens with one attached hydrogen (secondary N) is 1. The summed E-state index contributed by atoms with van der Waals surface area (Å²) < 4.78 is 22.4. The van der Waals surface area contributed by atoms with Gasteiger partial charge in [-0.25, -0.2) is 8.42 Å². The van der Waals surface area contributed by atoms with Gasteiger partial charge in [0.05, 0.1) is 23.0 Å². The van der Waals surface area contributed by atoms with Gasteiger partial charge in [0.1, 0.15) is 0 Å². The Morgan fingerprint density at radius 3 is 2.53 bits per heavy atom. The van der Waals surface area contributed by atoms with Crippen molar-refractivity contribution >= 4 is 27.3 Å². The van der Waals surface area contributed by atoms with E-state index < -0.39 is 9.84 Å². The topological polar surface area (TPSA) is 63.2 Å². The zero-order chi connectivity index (χ0) is 11.1. The standard InChI is InChI=1S/C9H14ClNO3S/c10-6-9(2-3-9)11-8(12)7-1-4-15(13,14)5-7/h7H,1-6H2,(H,11,12). The van der Waals surface area contributed by atoms with Gasteiger partial charge in [-0.1, -0.05) is 0 Å². The van der Waals surface area contributed by atoms with Crippen LogP contribution in [0.5, 0.6) is 0 Å². The van der Waals surface area contributed by atoms with Gasteiger partial charge < -0.3 is 5.32 Å². The van der Waals surface area contributed by atoms with Crippen molar-refractivity contribution in [3.05, 3.63) is 0 Å². The van der Waals surface area contributed by atoms with E-state index in [-0.39, 0.29) is 28.9 Å². The predicted octanol–water partition coefficient (Wildman–Crippen LogP) is 0.309. The summed E-state index contributed by atoms with van der Waals surface area (Å²) in [6, 6.07) is 0. The molecule has 1 N–H and O–H groups in total. The molecule has 0 radical (unpaired) electrons. The predicted molar refractivity (Wildman–Crippen MR) is 57.6 cm³/mol. The molecule has 1 unspecified atom stereocenters. The molecule has 2 aliphatic rings. The van der Waals surface area contributed by atoms with Gasteiger partial charge in [-0.3, -0.25) is 4.79 Å². The van der Waals surface area contributed by atoms with Crippen LogP contribution >= 0.6 is 11.6 Å². The van der Waals surface area contributed by atoms with E-state index >= 15 is 0 Å². The van der Waals surface area contributed by atoms with E-state index in [2.05, 4.69) is 5.32 Å². The SMILES string of the molecule is O=C(NC1(CCl)CC1)C1CCS(=O)(=O)C1. The van der Waals surface area contributed by atoms with Crippen LogP contribution in [0.25, 0.3) is 0 Å². The molecule has 0 bridgehead atoms. The lowest BCUT2D eigenvalue weighted by Gasteiger charge is -2.16. The van der Waals surface area contributed by atoms with Gasteiger partial charge in [-0.05, 0) is 19.3 Å². The summed E-state index contributed by atoms with van der Waals surface area (Å²) in [7, 11) is -2.98. The van der Waals surface area contributed by atoms with E-state index in [1.54, 1.807) is 0 Å². The average Bonchev–Trinajstić information content (AvgIpc) is 2.84. The van der Waals surface area contributed by atoms with Crippen molar-refractivity contribution in [3.63, 3.8) is 0 Å². The molecule has 6 heteroatoms. The molecular weight excluding hydrogens is 238 g/mol. The van der Waals surface area contributed by atoms with Crippen LogP contribution in [0.2, 0.25) is 0 Å². The maximum Gasteiger partial charge on any atom is 0.224 e. The Bertz CT molecular complexity index is 375. The van der Waals surface area contributed by atoms with Crippen LogP contribution in [0, 0.1) is 5.92 Å². The average molecular weight is 252 g/mol. The molecule has 86 valence electrons. The first-order chi connectivity index (χ1) is 6.96. The fourth-order valence-electron chi connectivity index (χ4n) is 1.81. The van der Waals surface area contributed by atoms with Gasteiger partial charge in [-0.2, -0.15) is 0 Å². The summed E-state index contributed by atoms with van der Waals surface area (Å²) in [5.41, 5.74) is -0.231. The largest absolute Gasteiger partial charge is 0.349 e. The molecule has 0 aromatic heterocycles. The van der Waals surface area contributed by atoms with Crippen molar-refractivity contribution in [1.82, 2.24) is 5.32 Å². The molecule has 1 heterocycles. The zero-order valence-electron chi connectivity index (χ0n) is 8.33. The molecule has 0 aromatic carbocycles. The van der Waals surface area contributed by atoms with Crippen LogP contribution in [0.15, 0.2) is 0 Å². The van der Waals surface area contributed by atoms with E-state index in [0.717, 1.165) is 12.8 Å². The first-order valence-corrected chi connectivity index (χ1v) is 7.40. The molecule has 15 heavy (non-hydrogen) atoms. The lowest BCUT2D eigenvalue weighted by molar-refractivity contribution is -0.125. The third kappa shape index (κ3) is 2.45. The molecule has 1 atom stereocenters. The molecule has 1 amide bonds. The molecule has 2 fully saturated rings. The van der Waals surface area contributed by atoms with E-state index in [1.807, 2.05) is 0 Å². The third-order valence-electron chi connectivity index (χ3n) is 3.10. The van der Waals surface area contributed by atoms with Gasteiger partial charge in [0.25, 0.3) is 0 Å². The van der Waals surface area contributed by atoms with Crippen LogP contribution in [0.3, 0.4) is 0 Å². The lowest BCUT2D eigenvalue weighted by atomic mass is 10.1. The Hall–Kier alpha value is -0.290. The summed E-state index contributed by atoms with van der Waals surface area (Å²) in [5, 5.41) is 2.86. The molecule has 2 rings (SSSR count). The minimum atomic E-state index is -2.98. The maximum absolute atomic E-state index is 11.7. The van der Waals surface area contributed by atoms with Crippen molar-refractivity contribution in [1.29, 1.82) is 0 Å². The van der Waals surface area contributed by atoms with Crippen molar-refractivity contribution in [2.45, 2.75) is 24.8 Å². The molecule has 1 aliphatic carbocycles. The second-order valence-electron chi connectivity index (χ2n) is 4.50. The van der Waals surface area contributed by atoms with Crippen molar-refractivity contribution in [3.8, 4) is 0 Å².